The zero-order chi connectivity index (χ0) is 18.3. The van der Waals surface area contributed by atoms with Gasteiger partial charge in [-0.2, -0.15) is 0 Å². The van der Waals surface area contributed by atoms with Crippen LogP contribution in [0.25, 0.3) is 10.9 Å². The van der Waals surface area contributed by atoms with Gasteiger partial charge in [0.1, 0.15) is 16.9 Å². The predicted octanol–water partition coefficient (Wildman–Crippen LogP) is 4.56. The van der Waals surface area contributed by atoms with Gasteiger partial charge in [0, 0.05) is 18.2 Å². The summed E-state index contributed by atoms with van der Waals surface area (Å²) in [7, 11) is 0. The van der Waals surface area contributed by atoms with Crippen LogP contribution in [0.4, 0.5) is 5.69 Å². The minimum atomic E-state index is -0.835. The van der Waals surface area contributed by atoms with Crippen LogP contribution in [-0.2, 0) is 9.53 Å². The highest BCUT2D eigenvalue weighted by Crippen LogP contribution is 2.31. The number of anilines is 1. The first-order valence-corrected chi connectivity index (χ1v) is 9.01. The van der Waals surface area contributed by atoms with Gasteiger partial charge in [0.2, 0.25) is 0 Å². The first kappa shape index (κ1) is 19.2. The minimum absolute atomic E-state index is 0.128. The number of ether oxygens (including phenoxy) is 2. The van der Waals surface area contributed by atoms with Gasteiger partial charge in [-0.05, 0) is 51.5 Å². The Labute approximate surface area is 149 Å². The molecule has 0 aliphatic carbocycles. The fourth-order valence-electron chi connectivity index (χ4n) is 2.87. The molecule has 1 N–H and O–H groups in total. The standard InChI is InChI=1S/C20H28N2O3/c1-5-8-13-20(4,25-7-3)19(23)22-16-11-12-17(24-6-2)18-15(16)10-9-14-21-18/h9-12,14H,5-8,13H2,1-4H3,(H,22,23)/t20-/m1/s1. The predicted molar refractivity (Wildman–Crippen MR) is 101 cm³/mol. The lowest BCUT2D eigenvalue weighted by molar-refractivity contribution is -0.139. The second-order valence-electron chi connectivity index (χ2n) is 6.17. The van der Waals surface area contributed by atoms with Crippen LogP contribution in [0.1, 0.15) is 47.0 Å². The third-order valence-electron chi connectivity index (χ3n) is 4.23. The topological polar surface area (TPSA) is 60.5 Å². The van der Waals surface area contributed by atoms with Crippen molar-refractivity contribution in [2.75, 3.05) is 18.5 Å². The molecular weight excluding hydrogens is 316 g/mol. The lowest BCUT2D eigenvalue weighted by atomic mass is 9.97. The summed E-state index contributed by atoms with van der Waals surface area (Å²) >= 11 is 0. The molecule has 0 saturated carbocycles. The monoisotopic (exact) mass is 344 g/mol. The molecule has 0 unspecified atom stereocenters. The van der Waals surface area contributed by atoms with Gasteiger partial charge < -0.3 is 14.8 Å². The van der Waals surface area contributed by atoms with Crippen LogP contribution in [0.2, 0.25) is 0 Å². The van der Waals surface area contributed by atoms with E-state index >= 15 is 0 Å². The average Bonchev–Trinajstić information content (AvgIpc) is 2.62. The summed E-state index contributed by atoms with van der Waals surface area (Å²) in [5.41, 5.74) is 0.630. The number of unbranched alkanes of at least 4 members (excludes halogenated alkanes) is 1. The molecule has 136 valence electrons. The molecule has 1 atom stereocenters. The van der Waals surface area contributed by atoms with Crippen molar-refractivity contribution >= 4 is 22.5 Å². The Morgan fingerprint density at radius 1 is 1.20 bits per heavy atom. The lowest BCUT2D eigenvalue weighted by Crippen LogP contribution is -2.42. The van der Waals surface area contributed by atoms with Crippen molar-refractivity contribution in [3.63, 3.8) is 0 Å². The summed E-state index contributed by atoms with van der Waals surface area (Å²) < 4.78 is 11.4. The summed E-state index contributed by atoms with van der Waals surface area (Å²) in [5.74, 6) is 0.590. The van der Waals surface area contributed by atoms with E-state index in [2.05, 4.69) is 17.2 Å². The fraction of sp³-hybridized carbons (Fsp3) is 0.500. The molecule has 1 aromatic heterocycles. The third kappa shape index (κ3) is 4.48. The van der Waals surface area contributed by atoms with Gasteiger partial charge in [0.15, 0.2) is 0 Å². The molecule has 0 saturated heterocycles. The molecule has 0 bridgehead atoms. The first-order valence-electron chi connectivity index (χ1n) is 9.01. The maximum absolute atomic E-state index is 12.9. The van der Waals surface area contributed by atoms with E-state index in [-0.39, 0.29) is 5.91 Å². The number of hydrogen-bond donors (Lipinski definition) is 1. The molecule has 0 radical (unpaired) electrons. The normalized spacial score (nSPS) is 13.4. The largest absolute Gasteiger partial charge is 0.492 e. The highest BCUT2D eigenvalue weighted by molar-refractivity contribution is 6.05. The van der Waals surface area contributed by atoms with E-state index in [1.54, 1.807) is 6.20 Å². The van der Waals surface area contributed by atoms with Gasteiger partial charge in [-0.15, -0.1) is 0 Å². The maximum atomic E-state index is 12.9. The molecule has 5 heteroatoms. The number of carbonyl (C=O) groups excluding carboxylic acids is 1. The van der Waals surface area contributed by atoms with Crippen molar-refractivity contribution in [2.24, 2.45) is 0 Å². The minimum Gasteiger partial charge on any atom is -0.492 e. The Balaban J connectivity index is 2.32. The van der Waals surface area contributed by atoms with Crippen LogP contribution in [0, 0.1) is 0 Å². The Hall–Kier alpha value is -2.14. The highest BCUT2D eigenvalue weighted by atomic mass is 16.5. The molecular formula is C20H28N2O3. The molecule has 1 heterocycles. The van der Waals surface area contributed by atoms with Crippen LogP contribution in [0.3, 0.4) is 0 Å². The van der Waals surface area contributed by atoms with E-state index < -0.39 is 5.60 Å². The van der Waals surface area contributed by atoms with Gasteiger partial charge in [-0.25, -0.2) is 0 Å². The van der Waals surface area contributed by atoms with E-state index in [4.69, 9.17) is 9.47 Å². The number of amides is 1. The summed E-state index contributed by atoms with van der Waals surface area (Å²) in [5, 5.41) is 3.89. The SMILES string of the molecule is CCCC[C@@](C)(OCC)C(=O)Nc1ccc(OCC)c2ncccc12. The number of pyridine rings is 1. The zero-order valence-corrected chi connectivity index (χ0v) is 15.6. The Bertz CT molecular complexity index is 717. The van der Waals surface area contributed by atoms with Crippen molar-refractivity contribution in [2.45, 2.75) is 52.6 Å². The number of hydrogen-bond acceptors (Lipinski definition) is 4. The Morgan fingerprint density at radius 3 is 2.68 bits per heavy atom. The van der Waals surface area contributed by atoms with Crippen LogP contribution in [-0.4, -0.2) is 29.7 Å². The van der Waals surface area contributed by atoms with Crippen LogP contribution in [0.15, 0.2) is 30.5 Å². The first-order chi connectivity index (χ1) is 12.1. The number of aromatic nitrogens is 1. The van der Waals surface area contributed by atoms with E-state index in [1.807, 2.05) is 45.0 Å². The Kier molecular flexibility index (Phi) is 6.76. The molecule has 1 aromatic carbocycles. The molecule has 0 aliphatic heterocycles. The van der Waals surface area contributed by atoms with Crippen molar-refractivity contribution in [3.8, 4) is 5.75 Å². The van der Waals surface area contributed by atoms with E-state index in [0.717, 1.165) is 35.2 Å². The summed E-state index contributed by atoms with van der Waals surface area (Å²) in [4.78, 5) is 17.3. The smallest absolute Gasteiger partial charge is 0.256 e. The van der Waals surface area contributed by atoms with Crippen LogP contribution in [0.5, 0.6) is 5.75 Å². The number of benzene rings is 1. The second-order valence-corrected chi connectivity index (χ2v) is 6.17. The zero-order valence-electron chi connectivity index (χ0n) is 15.6. The van der Waals surface area contributed by atoms with Gasteiger partial charge in [-0.3, -0.25) is 9.78 Å². The number of rotatable bonds is 9. The molecule has 25 heavy (non-hydrogen) atoms. The fourth-order valence-corrected chi connectivity index (χ4v) is 2.87. The maximum Gasteiger partial charge on any atom is 0.256 e. The molecule has 5 nitrogen and oxygen atoms in total. The highest BCUT2D eigenvalue weighted by Gasteiger charge is 2.33. The summed E-state index contributed by atoms with van der Waals surface area (Å²) in [6, 6.07) is 7.49. The molecule has 2 rings (SSSR count). The molecule has 2 aromatic rings. The van der Waals surface area contributed by atoms with Crippen molar-refractivity contribution in [1.29, 1.82) is 0 Å². The van der Waals surface area contributed by atoms with E-state index in [0.29, 0.717) is 19.6 Å². The summed E-state index contributed by atoms with van der Waals surface area (Å²) in [6.45, 7) is 8.88. The van der Waals surface area contributed by atoms with Crippen LogP contribution < -0.4 is 10.1 Å². The lowest BCUT2D eigenvalue weighted by Gasteiger charge is -2.28. The Morgan fingerprint density at radius 2 is 2.00 bits per heavy atom. The van der Waals surface area contributed by atoms with Crippen molar-refractivity contribution < 1.29 is 14.3 Å². The van der Waals surface area contributed by atoms with Gasteiger partial charge >= 0.3 is 0 Å². The number of carbonyl (C=O) groups is 1. The number of nitrogens with zero attached hydrogens (tertiary/aromatic N) is 1. The molecule has 0 aliphatic rings. The molecule has 0 fully saturated rings. The average molecular weight is 344 g/mol. The second kappa shape index (κ2) is 8.81. The molecule has 0 spiro atoms. The number of nitrogens with one attached hydrogen (secondary N) is 1. The van der Waals surface area contributed by atoms with Crippen LogP contribution >= 0.6 is 0 Å². The number of fused-ring (bicyclic) bond motifs is 1. The molecule has 1 amide bonds. The van der Waals surface area contributed by atoms with Gasteiger partial charge in [0.05, 0.1) is 12.3 Å². The van der Waals surface area contributed by atoms with Gasteiger partial charge in [-0.1, -0.05) is 19.8 Å². The van der Waals surface area contributed by atoms with Crippen molar-refractivity contribution in [1.82, 2.24) is 4.98 Å². The van der Waals surface area contributed by atoms with E-state index in [1.165, 1.54) is 0 Å². The van der Waals surface area contributed by atoms with Crippen molar-refractivity contribution in [3.05, 3.63) is 30.5 Å². The van der Waals surface area contributed by atoms with E-state index in [9.17, 15) is 4.79 Å². The quantitative estimate of drug-likeness (QED) is 0.724. The third-order valence-corrected chi connectivity index (χ3v) is 4.23. The summed E-state index contributed by atoms with van der Waals surface area (Å²) in [6.07, 6.45) is 4.37. The van der Waals surface area contributed by atoms with Gasteiger partial charge in [0.25, 0.3) is 5.91 Å².